The molecular weight excluding hydrogens is 498 g/mol. The number of nitrogens with two attached hydrogens (primary N) is 1. The van der Waals surface area contributed by atoms with E-state index in [0.717, 1.165) is 38.3 Å². The van der Waals surface area contributed by atoms with Crippen molar-refractivity contribution in [2.24, 2.45) is 11.7 Å². The molecule has 0 saturated carbocycles. The van der Waals surface area contributed by atoms with Crippen molar-refractivity contribution < 1.29 is 56.0 Å². The maximum absolute atomic E-state index is 14.3. The van der Waals surface area contributed by atoms with E-state index in [9.17, 15) is 31.5 Å². The number of halogens is 5. The fraction of sp³-hybridized carbons (Fsp3) is 0.381. The van der Waals surface area contributed by atoms with Crippen LogP contribution in [0.25, 0.3) is 0 Å². The Bertz CT molecular complexity index is 1030. The molecule has 33 heavy (non-hydrogen) atoms. The van der Waals surface area contributed by atoms with Crippen LogP contribution in [0.4, 0.5) is 22.0 Å². The summed E-state index contributed by atoms with van der Waals surface area (Å²) in [6.45, 7) is 5.38. The van der Waals surface area contributed by atoms with Crippen LogP contribution >= 0.6 is 0 Å². The Morgan fingerprint density at radius 2 is 1.94 bits per heavy atom. The van der Waals surface area contributed by atoms with Gasteiger partial charge >= 0.3 is 194 Å². The number of alkyl halides is 3. The van der Waals surface area contributed by atoms with Gasteiger partial charge in [-0.3, -0.25) is 0 Å². The topological polar surface area (TPSA) is 90.7 Å². The van der Waals surface area contributed by atoms with Crippen LogP contribution in [0.1, 0.15) is 25.3 Å². The van der Waals surface area contributed by atoms with Crippen LogP contribution in [0.5, 0.6) is 5.75 Å². The predicted octanol–water partition coefficient (Wildman–Crippen LogP) is 2.80. The molecule has 12 heteroatoms. The van der Waals surface area contributed by atoms with E-state index in [1.807, 2.05) is 0 Å². The summed E-state index contributed by atoms with van der Waals surface area (Å²) < 4.78 is 79.6. The molecule has 1 heterocycles. The van der Waals surface area contributed by atoms with Crippen molar-refractivity contribution in [1.82, 2.24) is 5.32 Å². The van der Waals surface area contributed by atoms with E-state index < -0.39 is 58.9 Å². The van der Waals surface area contributed by atoms with Crippen molar-refractivity contribution in [3.63, 3.8) is 0 Å². The van der Waals surface area contributed by atoms with Gasteiger partial charge in [-0.2, -0.15) is 0 Å². The Hall–Kier alpha value is -2.59. The third-order valence-corrected chi connectivity index (χ3v) is 5.94. The second-order valence-corrected chi connectivity index (χ2v) is 7.95. The standard InChI is InChI=1S/C21H21F5N2O4.Ni/c1-5-11(6-9-14(27)29)28-19(30)18-15(10(2)20(3,32-18)21(24,25)26)12-7-8-13(22)16(23)17(12)31-4;/h5-8,10,15,18H,1H2,2-4H3,(H2,27,29)(H,28,30);/b11-6+;/t10-,15-,18-,20+;/m1./s1. The van der Waals surface area contributed by atoms with Crippen LogP contribution in [0.2, 0.25) is 0 Å². The first-order valence-electron chi connectivity index (χ1n) is 9.40. The molecule has 0 bridgehead atoms. The van der Waals surface area contributed by atoms with E-state index in [2.05, 4.69) is 26.9 Å². The van der Waals surface area contributed by atoms with Gasteiger partial charge in [0.15, 0.2) is 0 Å². The van der Waals surface area contributed by atoms with Crippen molar-refractivity contribution in [2.45, 2.75) is 37.6 Å². The zero-order valence-corrected chi connectivity index (χ0v) is 18.7. The molecule has 0 radical (unpaired) electrons. The number of carbonyl (C=O) groups excluding carboxylic acids is 2. The number of primary amides is 1. The number of allylic oxidation sites excluding steroid dienone is 1. The molecule has 184 valence electrons. The molecular formula is C21H21F5N2NiO4. The van der Waals surface area contributed by atoms with Gasteiger partial charge in [-0.25, -0.2) is 0 Å². The number of hydrogen-bond donors (Lipinski definition) is 2. The Kier molecular flexibility index (Phi) is 7.86. The molecule has 1 fully saturated rings. The van der Waals surface area contributed by atoms with Crippen LogP contribution in [-0.4, -0.2) is 41.3 Å². The molecule has 2 amide bonds. The molecule has 1 aromatic carbocycles. The van der Waals surface area contributed by atoms with Gasteiger partial charge in [0, 0.05) is 0 Å². The number of amides is 2. The normalized spacial score (nSPS) is 25.5. The summed E-state index contributed by atoms with van der Waals surface area (Å²) in [5.74, 6) is -8.16. The zero-order valence-electron chi connectivity index (χ0n) is 17.7. The molecule has 1 aromatic rings. The van der Waals surface area contributed by atoms with Gasteiger partial charge in [-0.15, -0.1) is 0 Å². The van der Waals surface area contributed by atoms with Crippen molar-refractivity contribution in [3.05, 3.63) is 53.8 Å². The average molecular weight is 519 g/mol. The summed E-state index contributed by atoms with van der Waals surface area (Å²) in [7, 11) is 1.02. The quantitative estimate of drug-likeness (QED) is 0.330. The van der Waals surface area contributed by atoms with Crippen molar-refractivity contribution >= 4 is 16.3 Å². The minimum absolute atomic E-state index is 0.118. The Balaban J connectivity index is 2.60. The Morgan fingerprint density at radius 3 is 2.42 bits per heavy atom. The average Bonchev–Trinajstić information content (AvgIpc) is 3.01. The van der Waals surface area contributed by atoms with Crippen molar-refractivity contribution in [2.75, 3.05) is 7.11 Å². The number of nitrogens with one attached hydrogen (secondary N) is 1. The number of hydrogen-bond acceptors (Lipinski definition) is 4. The molecule has 1 saturated heterocycles. The second kappa shape index (κ2) is 9.73. The summed E-state index contributed by atoms with van der Waals surface area (Å²) in [6.07, 6.45) is -4.60. The molecule has 0 unspecified atom stereocenters. The number of rotatable bonds is 7. The fourth-order valence-electron chi connectivity index (χ4n) is 3.60. The summed E-state index contributed by atoms with van der Waals surface area (Å²) >= 11 is 4.41. The first-order chi connectivity index (χ1) is 15.2. The number of ether oxygens (including phenoxy) is 2. The minimum atomic E-state index is -4.90. The summed E-state index contributed by atoms with van der Waals surface area (Å²) in [5, 5.41) is 2.28. The molecule has 1 aliphatic heterocycles. The molecule has 2 rings (SSSR count). The van der Waals surface area contributed by atoms with E-state index >= 15 is 0 Å². The van der Waals surface area contributed by atoms with Crippen LogP contribution in [0.3, 0.4) is 0 Å². The number of carbonyl (C=O) groups is 2. The monoisotopic (exact) mass is 518 g/mol. The zero-order chi connectivity index (χ0) is 25.3. The van der Waals surface area contributed by atoms with Crippen LogP contribution in [-0.2, 0) is 29.4 Å². The molecule has 1 aliphatic rings. The molecule has 0 aliphatic carbocycles. The maximum atomic E-state index is 14.3. The molecule has 6 nitrogen and oxygen atoms in total. The van der Waals surface area contributed by atoms with E-state index in [1.54, 1.807) is 0 Å². The fourth-order valence-corrected chi connectivity index (χ4v) is 3.75. The number of methoxy groups -OCH3 is 1. The van der Waals surface area contributed by atoms with Gasteiger partial charge in [0.2, 0.25) is 0 Å². The van der Waals surface area contributed by atoms with Gasteiger partial charge in [-0.05, 0) is 0 Å². The molecule has 4 atom stereocenters. The summed E-state index contributed by atoms with van der Waals surface area (Å²) in [5.41, 5.74) is 1.95. The van der Waals surface area contributed by atoms with Crippen molar-refractivity contribution in [1.29, 1.82) is 0 Å². The third kappa shape index (κ3) is 5.01. The number of benzene rings is 1. The SMILES string of the molecule is C=C/C(=C\[C](=[Ni])C(N)=O)NC(=O)[C@@H]1O[C@](C)(C(F)(F)F)[C@H](C)[C@@H]1c1ccc(F)c(F)c1OC. The Labute approximate surface area is 193 Å². The van der Waals surface area contributed by atoms with Crippen LogP contribution < -0.4 is 15.8 Å². The molecule has 3 N–H and O–H groups in total. The first kappa shape index (κ1) is 26.7. The molecule has 0 spiro atoms. The van der Waals surface area contributed by atoms with Crippen molar-refractivity contribution in [3.8, 4) is 5.75 Å². The first-order valence-corrected chi connectivity index (χ1v) is 9.89. The van der Waals surface area contributed by atoms with Gasteiger partial charge in [0.25, 0.3) is 0 Å². The molecule has 0 aromatic heterocycles. The Morgan fingerprint density at radius 1 is 1.33 bits per heavy atom. The van der Waals surface area contributed by atoms with Gasteiger partial charge in [0.1, 0.15) is 0 Å². The van der Waals surface area contributed by atoms with Crippen LogP contribution in [0, 0.1) is 17.6 Å². The van der Waals surface area contributed by atoms with E-state index in [1.165, 1.54) is 6.92 Å². The van der Waals surface area contributed by atoms with E-state index in [-0.39, 0.29) is 15.8 Å². The third-order valence-electron chi connectivity index (χ3n) is 5.55. The predicted molar refractivity (Wildman–Crippen MR) is 105 cm³/mol. The van der Waals surface area contributed by atoms with E-state index in [0.29, 0.717) is 0 Å². The van der Waals surface area contributed by atoms with E-state index in [4.69, 9.17) is 15.2 Å². The summed E-state index contributed by atoms with van der Waals surface area (Å²) in [6, 6.07) is 1.76. The van der Waals surface area contributed by atoms with Crippen LogP contribution in [0.15, 0.2) is 36.6 Å². The second-order valence-electron chi connectivity index (χ2n) is 7.41. The summed E-state index contributed by atoms with van der Waals surface area (Å²) in [4.78, 5) is 24.2. The van der Waals surface area contributed by atoms with Gasteiger partial charge in [-0.1, -0.05) is 0 Å². The van der Waals surface area contributed by atoms with Gasteiger partial charge < -0.3 is 0 Å². The van der Waals surface area contributed by atoms with Gasteiger partial charge in [0.05, 0.1) is 0 Å².